The lowest BCUT2D eigenvalue weighted by Gasteiger charge is -2.16. The molecule has 0 saturated carbocycles. The number of rotatable bonds is 5. The Labute approximate surface area is 159 Å². The van der Waals surface area contributed by atoms with Crippen molar-refractivity contribution in [3.8, 4) is 16.3 Å². The second-order valence-electron chi connectivity index (χ2n) is 5.24. The fourth-order valence-electron chi connectivity index (χ4n) is 2.12. The lowest BCUT2D eigenvalue weighted by Crippen LogP contribution is -2.30. The summed E-state index contributed by atoms with van der Waals surface area (Å²) < 4.78 is 5.61. The van der Waals surface area contributed by atoms with Crippen LogP contribution < -0.4 is 10.1 Å². The average molecular weight is 393 g/mol. The van der Waals surface area contributed by atoms with Gasteiger partial charge in [0.25, 0.3) is 5.91 Å². The van der Waals surface area contributed by atoms with Crippen LogP contribution in [0, 0.1) is 0 Å². The Balaban J connectivity index is 1.63. The van der Waals surface area contributed by atoms with Crippen LogP contribution >= 0.6 is 34.5 Å². The first-order chi connectivity index (χ1) is 12.0. The number of benzene rings is 2. The van der Waals surface area contributed by atoms with Crippen molar-refractivity contribution in [3.05, 3.63) is 64.1 Å². The molecule has 1 amide bonds. The van der Waals surface area contributed by atoms with Crippen molar-refractivity contribution in [1.82, 2.24) is 4.98 Å². The van der Waals surface area contributed by atoms with Crippen molar-refractivity contribution in [2.45, 2.75) is 13.0 Å². The number of halogens is 2. The van der Waals surface area contributed by atoms with E-state index >= 15 is 0 Å². The van der Waals surface area contributed by atoms with Crippen LogP contribution in [0.1, 0.15) is 6.92 Å². The molecule has 128 valence electrons. The van der Waals surface area contributed by atoms with Crippen molar-refractivity contribution >= 4 is 46.1 Å². The maximum Gasteiger partial charge on any atom is 0.265 e. The average Bonchev–Trinajstić information content (AvgIpc) is 3.12. The number of hydrogen-bond donors (Lipinski definition) is 1. The van der Waals surface area contributed by atoms with E-state index in [2.05, 4.69) is 10.3 Å². The molecule has 2 aromatic carbocycles. The highest BCUT2D eigenvalue weighted by Crippen LogP contribution is 2.28. The van der Waals surface area contributed by atoms with Crippen LogP contribution in [0.15, 0.2) is 54.0 Å². The molecule has 0 unspecified atom stereocenters. The predicted octanol–water partition coefficient (Wildman–Crippen LogP) is 5.52. The SMILES string of the molecule is C[C@@H](Oc1ccc(Cl)cc1Cl)C(=O)Nc1ccc(-c2nccs2)cc1. The van der Waals surface area contributed by atoms with Gasteiger partial charge in [0.15, 0.2) is 6.10 Å². The summed E-state index contributed by atoms with van der Waals surface area (Å²) in [6.45, 7) is 1.66. The standard InChI is InChI=1S/C18H14Cl2N2O2S/c1-11(24-16-7-4-13(19)10-15(16)20)17(23)22-14-5-2-12(3-6-14)18-21-8-9-25-18/h2-11H,1H3,(H,22,23)/t11-/m1/s1. The maximum absolute atomic E-state index is 12.3. The van der Waals surface area contributed by atoms with Gasteiger partial charge in [0.1, 0.15) is 10.8 Å². The third-order valence-corrected chi connectivity index (χ3v) is 4.75. The summed E-state index contributed by atoms with van der Waals surface area (Å²) in [5.74, 6) is 0.140. The number of anilines is 1. The van der Waals surface area contributed by atoms with Crippen molar-refractivity contribution in [1.29, 1.82) is 0 Å². The van der Waals surface area contributed by atoms with Crippen LogP contribution in [0.25, 0.3) is 10.6 Å². The highest BCUT2D eigenvalue weighted by Gasteiger charge is 2.16. The van der Waals surface area contributed by atoms with E-state index in [-0.39, 0.29) is 5.91 Å². The van der Waals surface area contributed by atoms with Crippen molar-refractivity contribution < 1.29 is 9.53 Å². The van der Waals surface area contributed by atoms with Crippen LogP contribution in [0.3, 0.4) is 0 Å². The molecule has 0 saturated heterocycles. The van der Waals surface area contributed by atoms with E-state index in [0.717, 1.165) is 10.6 Å². The van der Waals surface area contributed by atoms with Gasteiger partial charge in [0.2, 0.25) is 0 Å². The molecule has 1 aromatic heterocycles. The minimum atomic E-state index is -0.711. The number of aromatic nitrogens is 1. The van der Waals surface area contributed by atoms with Crippen LogP contribution in [-0.4, -0.2) is 17.0 Å². The monoisotopic (exact) mass is 392 g/mol. The van der Waals surface area contributed by atoms with E-state index in [9.17, 15) is 4.79 Å². The van der Waals surface area contributed by atoms with E-state index < -0.39 is 6.10 Å². The molecule has 1 N–H and O–H groups in total. The fourth-order valence-corrected chi connectivity index (χ4v) is 3.22. The highest BCUT2D eigenvalue weighted by atomic mass is 35.5. The van der Waals surface area contributed by atoms with Crippen molar-refractivity contribution in [2.24, 2.45) is 0 Å². The van der Waals surface area contributed by atoms with Gasteiger partial charge in [0.05, 0.1) is 5.02 Å². The van der Waals surface area contributed by atoms with Gasteiger partial charge in [-0.1, -0.05) is 23.2 Å². The molecular weight excluding hydrogens is 379 g/mol. The molecule has 0 aliphatic heterocycles. The largest absolute Gasteiger partial charge is 0.479 e. The lowest BCUT2D eigenvalue weighted by molar-refractivity contribution is -0.122. The minimum Gasteiger partial charge on any atom is -0.479 e. The second kappa shape index (κ2) is 7.87. The predicted molar refractivity (Wildman–Crippen MR) is 103 cm³/mol. The number of thiazole rings is 1. The van der Waals surface area contributed by atoms with Crippen LogP contribution in [0.2, 0.25) is 10.0 Å². The summed E-state index contributed by atoms with van der Waals surface area (Å²) in [6.07, 6.45) is 1.05. The van der Waals surface area contributed by atoms with Gasteiger partial charge in [-0.3, -0.25) is 4.79 Å². The molecule has 0 radical (unpaired) electrons. The van der Waals surface area contributed by atoms with Crippen LogP contribution in [0.4, 0.5) is 5.69 Å². The number of carbonyl (C=O) groups excluding carboxylic acids is 1. The Morgan fingerprint density at radius 3 is 2.60 bits per heavy atom. The molecule has 7 heteroatoms. The third kappa shape index (κ3) is 4.51. The minimum absolute atomic E-state index is 0.270. The van der Waals surface area contributed by atoms with Gasteiger partial charge in [-0.15, -0.1) is 11.3 Å². The number of carbonyl (C=O) groups is 1. The van der Waals surface area contributed by atoms with Crippen LogP contribution in [-0.2, 0) is 4.79 Å². The molecule has 25 heavy (non-hydrogen) atoms. The topological polar surface area (TPSA) is 51.2 Å². The van der Waals surface area contributed by atoms with E-state index in [1.807, 2.05) is 29.6 Å². The summed E-state index contributed by atoms with van der Waals surface area (Å²) >= 11 is 13.5. The van der Waals surface area contributed by atoms with Gasteiger partial charge in [-0.05, 0) is 49.4 Å². The molecule has 1 atom stereocenters. The zero-order chi connectivity index (χ0) is 17.8. The molecule has 4 nitrogen and oxygen atoms in total. The number of ether oxygens (including phenoxy) is 1. The van der Waals surface area contributed by atoms with Gasteiger partial charge in [-0.2, -0.15) is 0 Å². The Bertz CT molecular complexity index is 867. The van der Waals surface area contributed by atoms with E-state index in [1.165, 1.54) is 0 Å². The first-order valence-corrected chi connectivity index (χ1v) is 9.09. The molecule has 3 rings (SSSR count). The highest BCUT2D eigenvalue weighted by molar-refractivity contribution is 7.13. The Morgan fingerprint density at radius 1 is 1.20 bits per heavy atom. The molecule has 0 fully saturated rings. The molecule has 0 spiro atoms. The van der Waals surface area contributed by atoms with Crippen molar-refractivity contribution in [2.75, 3.05) is 5.32 Å². The van der Waals surface area contributed by atoms with E-state index in [0.29, 0.717) is 21.5 Å². The first kappa shape index (κ1) is 17.7. The summed E-state index contributed by atoms with van der Waals surface area (Å²) in [4.78, 5) is 16.5. The van der Waals surface area contributed by atoms with Gasteiger partial charge >= 0.3 is 0 Å². The number of nitrogens with zero attached hydrogens (tertiary/aromatic N) is 1. The molecule has 0 aliphatic rings. The molecule has 1 heterocycles. The summed E-state index contributed by atoms with van der Waals surface area (Å²) in [6, 6.07) is 12.3. The number of amides is 1. The van der Waals surface area contributed by atoms with Crippen molar-refractivity contribution in [3.63, 3.8) is 0 Å². The van der Waals surface area contributed by atoms with Gasteiger partial charge in [-0.25, -0.2) is 4.98 Å². The van der Waals surface area contributed by atoms with E-state index in [4.69, 9.17) is 27.9 Å². The normalized spacial score (nSPS) is 11.8. The summed E-state index contributed by atoms with van der Waals surface area (Å²) in [7, 11) is 0. The zero-order valence-corrected chi connectivity index (χ0v) is 15.5. The van der Waals surface area contributed by atoms with Crippen LogP contribution in [0.5, 0.6) is 5.75 Å². The number of hydrogen-bond acceptors (Lipinski definition) is 4. The van der Waals surface area contributed by atoms with Gasteiger partial charge in [0, 0.05) is 27.9 Å². The Hall–Kier alpha value is -2.08. The fraction of sp³-hybridized carbons (Fsp3) is 0.111. The molecule has 3 aromatic rings. The van der Waals surface area contributed by atoms with Gasteiger partial charge < -0.3 is 10.1 Å². The smallest absolute Gasteiger partial charge is 0.265 e. The third-order valence-electron chi connectivity index (χ3n) is 3.40. The first-order valence-electron chi connectivity index (χ1n) is 7.45. The Kier molecular flexibility index (Phi) is 5.58. The molecule has 0 bridgehead atoms. The Morgan fingerprint density at radius 2 is 1.96 bits per heavy atom. The maximum atomic E-state index is 12.3. The van der Waals surface area contributed by atoms with E-state index in [1.54, 1.807) is 42.7 Å². The summed E-state index contributed by atoms with van der Waals surface area (Å²) in [5.41, 5.74) is 1.69. The summed E-state index contributed by atoms with van der Waals surface area (Å²) in [5, 5.41) is 6.54. The zero-order valence-electron chi connectivity index (χ0n) is 13.2. The lowest BCUT2D eigenvalue weighted by atomic mass is 10.2. The molecular formula is C18H14Cl2N2O2S. The molecule has 0 aliphatic carbocycles. The number of nitrogens with one attached hydrogen (secondary N) is 1. The second-order valence-corrected chi connectivity index (χ2v) is 6.98. The quantitative estimate of drug-likeness (QED) is 0.621.